The zero-order chi connectivity index (χ0) is 9.80. The van der Waals surface area contributed by atoms with E-state index in [1.165, 1.54) is 23.6 Å². The molecular weight excluding hydrogens is 194 g/mol. The molecule has 1 saturated heterocycles. The van der Waals surface area contributed by atoms with Crippen LogP contribution in [0.1, 0.15) is 24.6 Å². The number of nitrogens with two attached hydrogens (primary N) is 1. The van der Waals surface area contributed by atoms with E-state index in [-0.39, 0.29) is 0 Å². The molecule has 1 fully saturated rings. The van der Waals surface area contributed by atoms with E-state index >= 15 is 0 Å². The van der Waals surface area contributed by atoms with E-state index in [1.807, 2.05) is 18.0 Å². The third kappa shape index (κ3) is 2.12. The van der Waals surface area contributed by atoms with E-state index in [0.29, 0.717) is 6.04 Å². The van der Waals surface area contributed by atoms with E-state index in [1.54, 1.807) is 0 Å². The Morgan fingerprint density at radius 1 is 1.64 bits per heavy atom. The Labute approximate surface area is 89.1 Å². The molecule has 2 N–H and O–H groups in total. The van der Waals surface area contributed by atoms with Crippen molar-refractivity contribution in [2.24, 2.45) is 5.73 Å². The molecule has 14 heavy (non-hydrogen) atoms. The van der Waals surface area contributed by atoms with E-state index in [0.717, 1.165) is 19.4 Å². The Bertz CT molecular complexity index is 279. The maximum absolute atomic E-state index is 5.51. The van der Waals surface area contributed by atoms with Crippen molar-refractivity contribution in [1.82, 2.24) is 9.78 Å². The van der Waals surface area contributed by atoms with Crippen molar-refractivity contribution in [1.29, 1.82) is 0 Å². The minimum Gasteiger partial charge on any atom is -0.330 e. The number of hydrogen-bond donors (Lipinski definition) is 1. The quantitative estimate of drug-likeness (QED) is 0.820. The molecule has 1 unspecified atom stereocenters. The summed E-state index contributed by atoms with van der Waals surface area (Å²) in [5.41, 5.74) is 6.86. The molecule has 78 valence electrons. The molecule has 1 aromatic rings. The lowest BCUT2D eigenvalue weighted by atomic mass is 10.2. The van der Waals surface area contributed by atoms with Gasteiger partial charge in [-0.05, 0) is 37.6 Å². The monoisotopic (exact) mass is 211 g/mol. The number of aryl methyl sites for hydroxylation is 1. The number of thioether (sulfide) groups is 1. The van der Waals surface area contributed by atoms with Crippen LogP contribution in [-0.2, 0) is 6.42 Å². The molecule has 0 amide bonds. The van der Waals surface area contributed by atoms with Gasteiger partial charge in [0.15, 0.2) is 0 Å². The van der Waals surface area contributed by atoms with Crippen LogP contribution in [0.15, 0.2) is 12.3 Å². The molecule has 1 aliphatic heterocycles. The fraction of sp³-hybridized carbons (Fsp3) is 0.700. The number of rotatable bonds is 4. The second-order valence-corrected chi connectivity index (χ2v) is 4.83. The summed E-state index contributed by atoms with van der Waals surface area (Å²) in [5, 5.41) is 4.41. The zero-order valence-electron chi connectivity index (χ0n) is 8.35. The van der Waals surface area contributed by atoms with Gasteiger partial charge in [0.25, 0.3) is 0 Å². The Morgan fingerprint density at radius 3 is 3.29 bits per heavy atom. The number of hydrogen-bond acceptors (Lipinski definition) is 3. The van der Waals surface area contributed by atoms with Crippen LogP contribution in [0.4, 0.5) is 0 Å². The van der Waals surface area contributed by atoms with E-state index in [9.17, 15) is 0 Å². The van der Waals surface area contributed by atoms with Crippen LogP contribution in [0, 0.1) is 0 Å². The first-order chi connectivity index (χ1) is 6.92. The highest BCUT2D eigenvalue weighted by Crippen LogP contribution is 2.28. The van der Waals surface area contributed by atoms with Gasteiger partial charge in [0.2, 0.25) is 0 Å². The molecule has 0 bridgehead atoms. The Morgan fingerprint density at radius 2 is 2.57 bits per heavy atom. The van der Waals surface area contributed by atoms with E-state index in [2.05, 4.69) is 15.8 Å². The lowest BCUT2D eigenvalue weighted by Crippen LogP contribution is -2.13. The minimum atomic E-state index is 0.628. The van der Waals surface area contributed by atoms with Crippen LogP contribution >= 0.6 is 11.8 Å². The van der Waals surface area contributed by atoms with Crippen LogP contribution in [0.25, 0.3) is 0 Å². The van der Waals surface area contributed by atoms with Gasteiger partial charge >= 0.3 is 0 Å². The molecule has 2 heterocycles. The zero-order valence-corrected chi connectivity index (χ0v) is 9.17. The Hall–Kier alpha value is -0.480. The number of aromatic nitrogens is 2. The maximum Gasteiger partial charge on any atom is 0.0620 e. The fourth-order valence-electron chi connectivity index (χ4n) is 1.87. The van der Waals surface area contributed by atoms with Crippen LogP contribution < -0.4 is 5.73 Å². The van der Waals surface area contributed by atoms with Gasteiger partial charge in [-0.25, -0.2) is 0 Å². The Balaban J connectivity index is 2.04. The molecule has 0 spiro atoms. The maximum atomic E-state index is 5.51. The Kier molecular flexibility index (Phi) is 3.48. The van der Waals surface area contributed by atoms with Crippen LogP contribution in [0.3, 0.4) is 0 Å². The highest BCUT2D eigenvalue weighted by Gasteiger charge is 2.19. The third-order valence-corrected chi connectivity index (χ3v) is 3.79. The smallest absolute Gasteiger partial charge is 0.0620 e. The molecule has 1 aromatic heterocycles. The highest BCUT2D eigenvalue weighted by molar-refractivity contribution is 7.99. The first-order valence-corrected chi connectivity index (χ1v) is 6.37. The van der Waals surface area contributed by atoms with Gasteiger partial charge in [0.1, 0.15) is 0 Å². The van der Waals surface area contributed by atoms with Gasteiger partial charge in [-0.15, -0.1) is 0 Å². The molecule has 2 rings (SSSR count). The lowest BCUT2D eigenvalue weighted by molar-refractivity contribution is 0.479. The first-order valence-electron chi connectivity index (χ1n) is 5.22. The number of nitrogens with zero attached hydrogens (tertiary/aromatic N) is 2. The summed E-state index contributed by atoms with van der Waals surface area (Å²) in [5.74, 6) is 2.50. The molecule has 4 heteroatoms. The molecule has 1 atom stereocenters. The van der Waals surface area contributed by atoms with Gasteiger partial charge in [0, 0.05) is 17.6 Å². The molecule has 0 aromatic carbocycles. The van der Waals surface area contributed by atoms with Crippen molar-refractivity contribution in [3.63, 3.8) is 0 Å². The van der Waals surface area contributed by atoms with Crippen molar-refractivity contribution in [2.45, 2.75) is 25.3 Å². The van der Waals surface area contributed by atoms with Crippen molar-refractivity contribution < 1.29 is 0 Å². The second-order valence-electron chi connectivity index (χ2n) is 3.68. The molecule has 3 nitrogen and oxygen atoms in total. The summed E-state index contributed by atoms with van der Waals surface area (Å²) < 4.78 is 2.20. The van der Waals surface area contributed by atoms with Crippen molar-refractivity contribution in [3.8, 4) is 0 Å². The van der Waals surface area contributed by atoms with Crippen molar-refractivity contribution in [2.75, 3.05) is 18.1 Å². The summed E-state index contributed by atoms with van der Waals surface area (Å²) in [4.78, 5) is 0. The van der Waals surface area contributed by atoms with Crippen LogP contribution in [0.5, 0.6) is 0 Å². The second kappa shape index (κ2) is 4.84. The van der Waals surface area contributed by atoms with Crippen molar-refractivity contribution >= 4 is 11.8 Å². The van der Waals surface area contributed by atoms with Gasteiger partial charge < -0.3 is 5.73 Å². The molecular formula is C10H17N3S. The average Bonchev–Trinajstić information content (AvgIpc) is 2.84. The topological polar surface area (TPSA) is 43.8 Å². The van der Waals surface area contributed by atoms with Gasteiger partial charge in [0.05, 0.1) is 6.04 Å². The van der Waals surface area contributed by atoms with Crippen LogP contribution in [0.2, 0.25) is 0 Å². The van der Waals surface area contributed by atoms with Crippen molar-refractivity contribution in [3.05, 3.63) is 18.0 Å². The predicted octanol–water partition coefficient (Wildman–Crippen LogP) is 1.45. The molecule has 1 aliphatic rings. The average molecular weight is 211 g/mol. The van der Waals surface area contributed by atoms with Gasteiger partial charge in [-0.2, -0.15) is 16.9 Å². The molecule has 0 aliphatic carbocycles. The minimum absolute atomic E-state index is 0.628. The summed E-state index contributed by atoms with van der Waals surface area (Å²) in [6.45, 7) is 0.768. The summed E-state index contributed by atoms with van der Waals surface area (Å²) in [6.07, 6.45) is 5.31. The van der Waals surface area contributed by atoms with Gasteiger partial charge in [-0.3, -0.25) is 4.68 Å². The fourth-order valence-corrected chi connectivity index (χ4v) is 3.05. The third-order valence-electron chi connectivity index (χ3n) is 2.64. The molecule has 0 saturated carbocycles. The SMILES string of the molecule is NCCCc1ccnn1C1CCSC1. The summed E-state index contributed by atoms with van der Waals surface area (Å²) in [6, 6.07) is 2.75. The molecule has 0 radical (unpaired) electrons. The predicted molar refractivity (Wildman–Crippen MR) is 60.6 cm³/mol. The summed E-state index contributed by atoms with van der Waals surface area (Å²) in [7, 11) is 0. The summed E-state index contributed by atoms with van der Waals surface area (Å²) >= 11 is 2.03. The highest BCUT2D eigenvalue weighted by atomic mass is 32.2. The first kappa shape index (κ1) is 10.1. The van der Waals surface area contributed by atoms with E-state index < -0.39 is 0 Å². The largest absolute Gasteiger partial charge is 0.330 e. The lowest BCUT2D eigenvalue weighted by Gasteiger charge is -2.13. The standard InChI is InChI=1S/C10H17N3S/c11-5-1-2-9-3-6-12-13(9)10-4-7-14-8-10/h3,6,10H,1-2,4-5,7-8,11H2. The van der Waals surface area contributed by atoms with Crippen LogP contribution in [-0.4, -0.2) is 27.8 Å². The van der Waals surface area contributed by atoms with E-state index in [4.69, 9.17) is 5.73 Å². The normalized spacial score (nSPS) is 21.6. The van der Waals surface area contributed by atoms with Gasteiger partial charge in [-0.1, -0.05) is 0 Å².